The van der Waals surface area contributed by atoms with Gasteiger partial charge in [0.2, 0.25) is 0 Å². The van der Waals surface area contributed by atoms with Crippen LogP contribution in [0.25, 0.3) is 5.69 Å². The molecule has 21 heavy (non-hydrogen) atoms. The fraction of sp³-hybridized carbons (Fsp3) is 0. The molecule has 0 saturated carbocycles. The molecular formula is C14H10BrN5O. The molecule has 6 nitrogen and oxygen atoms in total. The lowest BCUT2D eigenvalue weighted by Crippen LogP contribution is -2.12. The van der Waals surface area contributed by atoms with Gasteiger partial charge in [0.25, 0.3) is 5.91 Å². The first-order valence-corrected chi connectivity index (χ1v) is 6.91. The minimum Gasteiger partial charge on any atom is -0.305 e. The summed E-state index contributed by atoms with van der Waals surface area (Å²) in [7, 11) is 0. The maximum absolute atomic E-state index is 12.1. The molecule has 1 amide bonds. The van der Waals surface area contributed by atoms with Crippen molar-refractivity contribution < 1.29 is 4.79 Å². The molecule has 0 bridgehead atoms. The standard InChI is InChI=1S/C14H10BrN5O/c15-12-7-17-13(8-16-12)19-14(21)10-6-18-20(9-10)11-4-2-1-3-5-11/h1-9H,(H,17,19,21). The second-order valence-corrected chi connectivity index (χ2v) is 5.00. The number of amides is 1. The van der Waals surface area contributed by atoms with Crippen LogP contribution in [0.4, 0.5) is 5.82 Å². The second-order valence-electron chi connectivity index (χ2n) is 4.19. The summed E-state index contributed by atoms with van der Waals surface area (Å²) < 4.78 is 2.25. The van der Waals surface area contributed by atoms with Crippen LogP contribution in [0.1, 0.15) is 10.4 Å². The molecule has 0 unspecified atom stereocenters. The highest BCUT2D eigenvalue weighted by Crippen LogP contribution is 2.10. The van der Waals surface area contributed by atoms with E-state index in [0.29, 0.717) is 16.0 Å². The Morgan fingerprint density at radius 2 is 1.90 bits per heavy atom. The average Bonchev–Trinajstić information content (AvgIpc) is 3.00. The van der Waals surface area contributed by atoms with Crippen LogP contribution in [0, 0.1) is 0 Å². The van der Waals surface area contributed by atoms with Gasteiger partial charge in [-0.1, -0.05) is 18.2 Å². The lowest BCUT2D eigenvalue weighted by molar-refractivity contribution is 0.102. The number of nitrogens with zero attached hydrogens (tertiary/aromatic N) is 4. The van der Waals surface area contributed by atoms with Gasteiger partial charge in [-0.05, 0) is 28.1 Å². The summed E-state index contributed by atoms with van der Waals surface area (Å²) in [6, 6.07) is 9.57. The number of nitrogens with one attached hydrogen (secondary N) is 1. The van der Waals surface area contributed by atoms with E-state index < -0.39 is 0 Å². The first-order valence-electron chi connectivity index (χ1n) is 6.11. The quantitative estimate of drug-likeness (QED) is 0.793. The van der Waals surface area contributed by atoms with Crippen LogP contribution in [-0.2, 0) is 0 Å². The Morgan fingerprint density at radius 1 is 1.10 bits per heavy atom. The molecule has 2 aromatic heterocycles. The van der Waals surface area contributed by atoms with E-state index in [-0.39, 0.29) is 5.91 Å². The topological polar surface area (TPSA) is 72.7 Å². The van der Waals surface area contributed by atoms with Crippen LogP contribution in [-0.4, -0.2) is 25.7 Å². The molecule has 3 rings (SSSR count). The molecule has 2 heterocycles. The molecule has 0 aliphatic heterocycles. The Hall–Kier alpha value is -2.54. The summed E-state index contributed by atoms with van der Waals surface area (Å²) >= 11 is 3.19. The molecule has 0 aliphatic carbocycles. The van der Waals surface area contributed by atoms with Gasteiger partial charge in [-0.15, -0.1) is 0 Å². The van der Waals surface area contributed by atoms with Crippen LogP contribution in [0.2, 0.25) is 0 Å². The molecule has 0 aliphatic rings. The second kappa shape index (κ2) is 5.84. The van der Waals surface area contributed by atoms with Crippen LogP contribution in [0.15, 0.2) is 59.7 Å². The maximum atomic E-state index is 12.1. The van der Waals surface area contributed by atoms with Gasteiger partial charge in [0, 0.05) is 6.20 Å². The fourth-order valence-corrected chi connectivity index (χ4v) is 1.93. The van der Waals surface area contributed by atoms with E-state index in [9.17, 15) is 4.79 Å². The number of hydrogen-bond donors (Lipinski definition) is 1. The van der Waals surface area contributed by atoms with Gasteiger partial charge >= 0.3 is 0 Å². The van der Waals surface area contributed by atoms with Crippen LogP contribution < -0.4 is 5.32 Å². The van der Waals surface area contributed by atoms with Crippen LogP contribution in [0.3, 0.4) is 0 Å². The number of halogens is 1. The molecule has 0 fully saturated rings. The fourth-order valence-electron chi connectivity index (χ4n) is 1.73. The van der Waals surface area contributed by atoms with Gasteiger partial charge in [0.1, 0.15) is 4.60 Å². The number of hydrogen-bond acceptors (Lipinski definition) is 4. The van der Waals surface area contributed by atoms with Crippen molar-refractivity contribution in [2.75, 3.05) is 5.32 Å². The van der Waals surface area contributed by atoms with Crippen molar-refractivity contribution >= 4 is 27.7 Å². The van der Waals surface area contributed by atoms with Crippen molar-refractivity contribution in [2.45, 2.75) is 0 Å². The highest BCUT2D eigenvalue weighted by Gasteiger charge is 2.10. The number of rotatable bonds is 3. The number of carbonyl (C=O) groups excluding carboxylic acids is 1. The molecule has 1 aromatic carbocycles. The van der Waals surface area contributed by atoms with E-state index in [0.717, 1.165) is 5.69 Å². The molecule has 0 spiro atoms. The normalized spacial score (nSPS) is 10.3. The van der Waals surface area contributed by atoms with Gasteiger partial charge in [-0.25, -0.2) is 14.6 Å². The zero-order valence-corrected chi connectivity index (χ0v) is 12.4. The Kier molecular flexibility index (Phi) is 3.74. The Balaban J connectivity index is 1.77. The van der Waals surface area contributed by atoms with Gasteiger partial charge in [-0.3, -0.25) is 4.79 Å². The van der Waals surface area contributed by atoms with Gasteiger partial charge in [0.05, 0.1) is 29.8 Å². The number of carbonyl (C=O) groups is 1. The lowest BCUT2D eigenvalue weighted by Gasteiger charge is -2.02. The minimum atomic E-state index is -0.284. The zero-order chi connectivity index (χ0) is 14.7. The Labute approximate surface area is 129 Å². The third kappa shape index (κ3) is 3.14. The molecule has 3 aromatic rings. The summed E-state index contributed by atoms with van der Waals surface area (Å²) in [4.78, 5) is 20.1. The summed E-state index contributed by atoms with van der Waals surface area (Å²) in [5.74, 6) is 0.101. The molecule has 7 heteroatoms. The monoisotopic (exact) mass is 343 g/mol. The number of anilines is 1. The van der Waals surface area contributed by atoms with E-state index in [1.165, 1.54) is 18.6 Å². The first-order chi connectivity index (χ1) is 10.2. The number of para-hydroxylation sites is 1. The van der Waals surface area contributed by atoms with Crippen LogP contribution in [0.5, 0.6) is 0 Å². The van der Waals surface area contributed by atoms with Crippen molar-refractivity contribution in [3.8, 4) is 5.69 Å². The van der Waals surface area contributed by atoms with Gasteiger partial charge < -0.3 is 5.32 Å². The Morgan fingerprint density at radius 3 is 2.62 bits per heavy atom. The average molecular weight is 344 g/mol. The van der Waals surface area contributed by atoms with E-state index in [1.54, 1.807) is 10.9 Å². The summed E-state index contributed by atoms with van der Waals surface area (Å²) in [6.07, 6.45) is 6.16. The predicted octanol–water partition coefficient (Wildman–Crippen LogP) is 2.68. The molecule has 0 saturated heterocycles. The summed E-state index contributed by atoms with van der Waals surface area (Å²) in [5, 5.41) is 6.84. The molecule has 1 N–H and O–H groups in total. The highest BCUT2D eigenvalue weighted by atomic mass is 79.9. The van der Waals surface area contributed by atoms with E-state index in [2.05, 4.69) is 36.3 Å². The van der Waals surface area contributed by atoms with Crippen molar-refractivity contribution in [1.29, 1.82) is 0 Å². The van der Waals surface area contributed by atoms with Crippen molar-refractivity contribution in [2.24, 2.45) is 0 Å². The SMILES string of the molecule is O=C(Nc1cnc(Br)cn1)c1cnn(-c2ccccc2)c1. The molecule has 104 valence electrons. The largest absolute Gasteiger partial charge is 0.305 e. The number of aromatic nitrogens is 4. The van der Waals surface area contributed by atoms with Crippen molar-refractivity contribution in [3.63, 3.8) is 0 Å². The molecule has 0 radical (unpaired) electrons. The smallest absolute Gasteiger partial charge is 0.260 e. The predicted molar refractivity (Wildman–Crippen MR) is 81.2 cm³/mol. The summed E-state index contributed by atoms with van der Waals surface area (Å²) in [6.45, 7) is 0. The van der Waals surface area contributed by atoms with Crippen molar-refractivity contribution in [1.82, 2.24) is 19.7 Å². The summed E-state index contributed by atoms with van der Waals surface area (Å²) in [5.41, 5.74) is 1.34. The zero-order valence-electron chi connectivity index (χ0n) is 10.8. The van der Waals surface area contributed by atoms with Crippen molar-refractivity contribution in [3.05, 3.63) is 65.3 Å². The minimum absolute atomic E-state index is 0.284. The molecule has 0 atom stereocenters. The van der Waals surface area contributed by atoms with Gasteiger partial charge in [-0.2, -0.15) is 5.10 Å². The third-order valence-electron chi connectivity index (χ3n) is 2.73. The van der Waals surface area contributed by atoms with Gasteiger partial charge in [0.15, 0.2) is 5.82 Å². The first kappa shape index (κ1) is 13.4. The molecular weight excluding hydrogens is 334 g/mol. The lowest BCUT2D eigenvalue weighted by atomic mass is 10.3. The third-order valence-corrected chi connectivity index (χ3v) is 3.14. The maximum Gasteiger partial charge on any atom is 0.260 e. The number of benzene rings is 1. The highest BCUT2D eigenvalue weighted by molar-refractivity contribution is 9.10. The van der Waals surface area contributed by atoms with Crippen LogP contribution >= 0.6 is 15.9 Å². The van der Waals surface area contributed by atoms with E-state index in [4.69, 9.17) is 0 Å². The van der Waals surface area contributed by atoms with E-state index in [1.807, 2.05) is 30.3 Å². The Bertz CT molecular complexity index is 755. The van der Waals surface area contributed by atoms with E-state index >= 15 is 0 Å².